The van der Waals surface area contributed by atoms with Crippen LogP contribution in [-0.4, -0.2) is 27.7 Å². The average molecular weight is 251 g/mol. The number of nitrogens with zero attached hydrogens (tertiary/aromatic N) is 2. The Bertz CT molecular complexity index is 544. The van der Waals surface area contributed by atoms with Crippen LogP contribution in [0.1, 0.15) is 13.8 Å². The third-order valence-electron chi connectivity index (χ3n) is 2.44. The Balaban J connectivity index is 2.08. The molecule has 0 spiro atoms. The largest absolute Gasteiger partial charge is 0.379 e. The maximum Gasteiger partial charge on any atom is 0.179 e. The van der Waals surface area contributed by atoms with E-state index in [1.54, 1.807) is 6.20 Å². The molecule has 1 N–H and O–H groups in total. The number of nitrogens with one attached hydrogen (secondary N) is 1. The van der Waals surface area contributed by atoms with Crippen molar-refractivity contribution in [1.29, 1.82) is 0 Å². The molecule has 0 aliphatic heterocycles. The maximum atomic E-state index is 5.56. The van der Waals surface area contributed by atoms with Crippen molar-refractivity contribution in [2.24, 2.45) is 5.92 Å². The van der Waals surface area contributed by atoms with Crippen LogP contribution in [0, 0.1) is 10.7 Å². The van der Waals surface area contributed by atoms with E-state index in [1.165, 1.54) is 0 Å². The third kappa shape index (κ3) is 2.92. The van der Waals surface area contributed by atoms with Crippen LogP contribution in [0.2, 0.25) is 0 Å². The first kappa shape index (κ1) is 12.3. The van der Waals surface area contributed by atoms with Crippen molar-refractivity contribution in [3.05, 3.63) is 23.1 Å². The van der Waals surface area contributed by atoms with Crippen molar-refractivity contribution < 1.29 is 4.74 Å². The van der Waals surface area contributed by atoms with E-state index in [-0.39, 0.29) is 0 Å². The van der Waals surface area contributed by atoms with Crippen LogP contribution < -0.4 is 0 Å². The molecule has 17 heavy (non-hydrogen) atoms. The van der Waals surface area contributed by atoms with Crippen LogP contribution >= 0.6 is 12.2 Å². The van der Waals surface area contributed by atoms with E-state index in [2.05, 4.69) is 23.8 Å². The van der Waals surface area contributed by atoms with Gasteiger partial charge in [-0.15, -0.1) is 0 Å². The van der Waals surface area contributed by atoms with Crippen molar-refractivity contribution in [3.8, 4) is 0 Å². The van der Waals surface area contributed by atoms with Gasteiger partial charge in [-0.2, -0.15) is 0 Å². The summed E-state index contributed by atoms with van der Waals surface area (Å²) in [7, 11) is 0. The Morgan fingerprint density at radius 1 is 1.53 bits per heavy atom. The predicted octanol–water partition coefficient (Wildman–Crippen LogP) is 2.77. The molecule has 5 heteroatoms. The number of fused-ring (bicyclic) bond motifs is 1. The van der Waals surface area contributed by atoms with Crippen LogP contribution in [-0.2, 0) is 11.3 Å². The van der Waals surface area contributed by atoms with Crippen LogP contribution in [0.3, 0.4) is 0 Å². The first-order chi connectivity index (χ1) is 8.18. The van der Waals surface area contributed by atoms with Gasteiger partial charge in [-0.05, 0) is 30.3 Å². The van der Waals surface area contributed by atoms with Crippen molar-refractivity contribution in [2.75, 3.05) is 13.2 Å². The second-order valence-corrected chi connectivity index (χ2v) is 4.81. The third-order valence-corrected chi connectivity index (χ3v) is 2.76. The van der Waals surface area contributed by atoms with Gasteiger partial charge >= 0.3 is 0 Å². The summed E-state index contributed by atoms with van der Waals surface area (Å²) in [6.45, 7) is 6.46. The first-order valence-electron chi connectivity index (χ1n) is 5.80. The molecule has 0 amide bonds. The molecule has 4 nitrogen and oxygen atoms in total. The SMILES string of the molecule is CC(C)COCCn1c(=S)[nH]c2cccnc21. The van der Waals surface area contributed by atoms with E-state index >= 15 is 0 Å². The average Bonchev–Trinajstić information content (AvgIpc) is 2.60. The van der Waals surface area contributed by atoms with Gasteiger partial charge in [0, 0.05) is 12.8 Å². The van der Waals surface area contributed by atoms with Gasteiger partial charge in [0.05, 0.1) is 18.7 Å². The normalized spacial score (nSPS) is 11.5. The molecular weight excluding hydrogens is 234 g/mol. The molecule has 0 aliphatic carbocycles. The predicted molar refractivity (Wildman–Crippen MR) is 70.6 cm³/mol. The molecule has 0 unspecified atom stereocenters. The molecule has 2 aromatic heterocycles. The Kier molecular flexibility index (Phi) is 3.91. The number of imidazole rings is 1. The molecule has 0 saturated carbocycles. The van der Waals surface area contributed by atoms with Gasteiger partial charge in [-0.3, -0.25) is 4.57 Å². The zero-order valence-corrected chi connectivity index (χ0v) is 11.0. The molecule has 2 heterocycles. The molecule has 2 aromatic rings. The van der Waals surface area contributed by atoms with E-state index in [4.69, 9.17) is 17.0 Å². The molecule has 0 fully saturated rings. The highest BCUT2D eigenvalue weighted by molar-refractivity contribution is 7.71. The fourth-order valence-corrected chi connectivity index (χ4v) is 1.96. The number of aromatic amines is 1. The second-order valence-electron chi connectivity index (χ2n) is 4.43. The minimum atomic E-state index is 0.559. The summed E-state index contributed by atoms with van der Waals surface area (Å²) in [5.74, 6) is 0.559. The number of pyridine rings is 1. The quantitative estimate of drug-likeness (QED) is 0.656. The standard InChI is InChI=1S/C12H17N3OS/c1-9(2)8-16-7-6-15-11-10(14-12(15)17)4-3-5-13-11/h3-5,9H,6-8H2,1-2H3,(H,14,17). The lowest BCUT2D eigenvalue weighted by Crippen LogP contribution is -2.09. The van der Waals surface area contributed by atoms with Gasteiger partial charge in [-0.25, -0.2) is 4.98 Å². The smallest absolute Gasteiger partial charge is 0.179 e. The monoisotopic (exact) mass is 251 g/mol. The summed E-state index contributed by atoms with van der Waals surface area (Å²) < 4.78 is 8.24. The van der Waals surface area contributed by atoms with Crippen molar-refractivity contribution in [1.82, 2.24) is 14.5 Å². The fraction of sp³-hybridized carbons (Fsp3) is 0.500. The molecule has 0 aromatic carbocycles. The summed E-state index contributed by atoms with van der Waals surface area (Å²) in [4.78, 5) is 7.46. The number of hydrogen-bond donors (Lipinski definition) is 1. The second kappa shape index (κ2) is 5.42. The van der Waals surface area contributed by atoms with Crippen LogP contribution in [0.15, 0.2) is 18.3 Å². The van der Waals surface area contributed by atoms with Gasteiger partial charge in [0.15, 0.2) is 10.4 Å². The number of ether oxygens (including phenoxy) is 1. The fourth-order valence-electron chi connectivity index (χ4n) is 1.67. The lowest BCUT2D eigenvalue weighted by molar-refractivity contribution is 0.103. The van der Waals surface area contributed by atoms with Crippen molar-refractivity contribution in [2.45, 2.75) is 20.4 Å². The summed E-state index contributed by atoms with van der Waals surface area (Å²) >= 11 is 5.27. The summed E-state index contributed by atoms with van der Waals surface area (Å²) in [6, 6.07) is 3.87. The number of H-pyrrole nitrogens is 1. The molecule has 0 bridgehead atoms. The number of aromatic nitrogens is 3. The van der Waals surface area contributed by atoms with Crippen molar-refractivity contribution in [3.63, 3.8) is 0 Å². The van der Waals surface area contributed by atoms with Gasteiger partial charge in [0.25, 0.3) is 0 Å². The van der Waals surface area contributed by atoms with Crippen LogP contribution in [0.25, 0.3) is 11.2 Å². The van der Waals surface area contributed by atoms with Gasteiger partial charge in [-0.1, -0.05) is 13.8 Å². The molecule has 0 radical (unpaired) electrons. The highest BCUT2D eigenvalue weighted by Gasteiger charge is 2.04. The van der Waals surface area contributed by atoms with Gasteiger partial charge < -0.3 is 9.72 Å². The maximum absolute atomic E-state index is 5.56. The van der Waals surface area contributed by atoms with Gasteiger partial charge in [0.1, 0.15) is 0 Å². The highest BCUT2D eigenvalue weighted by Crippen LogP contribution is 2.10. The molecule has 0 aliphatic rings. The Morgan fingerprint density at radius 2 is 2.35 bits per heavy atom. The zero-order valence-electron chi connectivity index (χ0n) is 10.1. The van der Waals surface area contributed by atoms with E-state index in [9.17, 15) is 0 Å². The van der Waals surface area contributed by atoms with Crippen molar-refractivity contribution >= 4 is 23.4 Å². The summed E-state index contributed by atoms with van der Waals surface area (Å²) in [5, 5.41) is 0. The topological polar surface area (TPSA) is 42.8 Å². The number of hydrogen-bond acceptors (Lipinski definition) is 3. The summed E-state index contributed by atoms with van der Waals surface area (Å²) in [5.41, 5.74) is 1.87. The summed E-state index contributed by atoms with van der Waals surface area (Å²) in [6.07, 6.45) is 1.77. The van der Waals surface area contributed by atoms with Crippen LogP contribution in [0.5, 0.6) is 0 Å². The van der Waals surface area contributed by atoms with Gasteiger partial charge in [0.2, 0.25) is 0 Å². The number of rotatable bonds is 5. The van der Waals surface area contributed by atoms with E-state index in [0.29, 0.717) is 17.3 Å². The zero-order chi connectivity index (χ0) is 12.3. The van der Waals surface area contributed by atoms with E-state index < -0.39 is 0 Å². The minimum Gasteiger partial charge on any atom is -0.379 e. The van der Waals surface area contributed by atoms with E-state index in [1.807, 2.05) is 16.7 Å². The van der Waals surface area contributed by atoms with E-state index in [0.717, 1.165) is 24.3 Å². The lowest BCUT2D eigenvalue weighted by atomic mass is 10.2. The van der Waals surface area contributed by atoms with Crippen LogP contribution in [0.4, 0.5) is 0 Å². The highest BCUT2D eigenvalue weighted by atomic mass is 32.1. The molecule has 2 rings (SSSR count). The Morgan fingerprint density at radius 3 is 3.12 bits per heavy atom. The molecule has 92 valence electrons. The minimum absolute atomic E-state index is 0.559. The Hall–Kier alpha value is -1.20. The lowest BCUT2D eigenvalue weighted by Gasteiger charge is -2.07. The molecule has 0 saturated heterocycles. The first-order valence-corrected chi connectivity index (χ1v) is 6.20. The Labute approximate surface area is 106 Å². The molecular formula is C12H17N3OS. The molecule has 0 atom stereocenters.